The molecule has 21 heavy (non-hydrogen) atoms. The van der Waals surface area contributed by atoms with E-state index in [1.54, 1.807) is 7.11 Å². The first-order chi connectivity index (χ1) is 10.3. The Morgan fingerprint density at radius 2 is 1.67 bits per heavy atom. The molecule has 2 N–H and O–H groups in total. The molecule has 2 aromatic rings. The molecule has 4 heteroatoms. The highest BCUT2D eigenvalue weighted by atomic mass is 16.5. The highest BCUT2D eigenvalue weighted by Crippen LogP contribution is 2.29. The van der Waals surface area contributed by atoms with E-state index in [2.05, 4.69) is 0 Å². The zero-order chi connectivity index (χ0) is 15.1. The van der Waals surface area contributed by atoms with E-state index in [0.717, 1.165) is 22.8 Å². The summed E-state index contributed by atoms with van der Waals surface area (Å²) in [4.78, 5) is 0. The fourth-order valence-corrected chi connectivity index (χ4v) is 2.12. The quantitative estimate of drug-likeness (QED) is 0.850. The Morgan fingerprint density at radius 1 is 1.00 bits per heavy atom. The van der Waals surface area contributed by atoms with Crippen molar-refractivity contribution in [2.75, 3.05) is 20.3 Å². The van der Waals surface area contributed by atoms with E-state index in [0.29, 0.717) is 13.2 Å². The summed E-state index contributed by atoms with van der Waals surface area (Å²) >= 11 is 0. The largest absolute Gasteiger partial charge is 0.496 e. The van der Waals surface area contributed by atoms with E-state index in [9.17, 15) is 0 Å². The van der Waals surface area contributed by atoms with Gasteiger partial charge in [0.2, 0.25) is 0 Å². The first-order valence-corrected chi connectivity index (χ1v) is 7.01. The van der Waals surface area contributed by atoms with Crippen molar-refractivity contribution < 1.29 is 14.2 Å². The molecule has 0 bridgehead atoms. The van der Waals surface area contributed by atoms with Crippen molar-refractivity contribution in [2.24, 2.45) is 5.73 Å². The van der Waals surface area contributed by atoms with E-state index >= 15 is 0 Å². The van der Waals surface area contributed by atoms with Gasteiger partial charge in [0.1, 0.15) is 23.4 Å². The molecule has 0 saturated heterocycles. The maximum atomic E-state index is 5.96. The molecule has 0 saturated carbocycles. The molecule has 0 aromatic heterocycles. The Balaban J connectivity index is 2.15. The average molecular weight is 287 g/mol. The van der Waals surface area contributed by atoms with Crippen LogP contribution in [-0.2, 0) is 0 Å². The number of rotatable bonds is 7. The van der Waals surface area contributed by atoms with Gasteiger partial charge in [0, 0.05) is 12.1 Å². The summed E-state index contributed by atoms with van der Waals surface area (Å²) in [6.45, 7) is 2.97. The van der Waals surface area contributed by atoms with Gasteiger partial charge in [-0.3, -0.25) is 0 Å². The summed E-state index contributed by atoms with van der Waals surface area (Å²) in [7, 11) is 1.64. The predicted molar refractivity (Wildman–Crippen MR) is 83.0 cm³/mol. The summed E-state index contributed by atoms with van der Waals surface area (Å²) in [5, 5.41) is 0. The molecule has 2 rings (SSSR count). The predicted octanol–water partition coefficient (Wildman–Crippen LogP) is 3.17. The van der Waals surface area contributed by atoms with Crippen LogP contribution in [-0.4, -0.2) is 20.3 Å². The van der Waals surface area contributed by atoms with E-state index in [4.69, 9.17) is 19.9 Å². The van der Waals surface area contributed by atoms with E-state index < -0.39 is 0 Å². The van der Waals surface area contributed by atoms with Gasteiger partial charge in [-0.05, 0) is 37.3 Å². The van der Waals surface area contributed by atoms with Crippen LogP contribution in [0.2, 0.25) is 0 Å². The summed E-state index contributed by atoms with van der Waals surface area (Å²) in [5.41, 5.74) is 6.79. The van der Waals surface area contributed by atoms with Crippen molar-refractivity contribution in [1.29, 1.82) is 0 Å². The molecule has 1 atom stereocenters. The number of nitrogens with two attached hydrogens (primary N) is 1. The Bertz CT molecular complexity index is 554. The van der Waals surface area contributed by atoms with Crippen LogP contribution in [0.1, 0.15) is 18.6 Å². The summed E-state index contributed by atoms with van der Waals surface area (Å²) in [6.07, 6.45) is -0.251. The number of hydrogen-bond donors (Lipinski definition) is 1. The SMILES string of the molecule is CCOc1ccc(OC(CN)c2ccccc2OC)cc1. The van der Waals surface area contributed by atoms with Gasteiger partial charge in [-0.25, -0.2) is 0 Å². The van der Waals surface area contributed by atoms with Crippen LogP contribution in [0, 0.1) is 0 Å². The van der Waals surface area contributed by atoms with E-state index in [1.807, 2.05) is 55.5 Å². The van der Waals surface area contributed by atoms with Crippen LogP contribution >= 0.6 is 0 Å². The van der Waals surface area contributed by atoms with Crippen LogP contribution in [0.4, 0.5) is 0 Å². The van der Waals surface area contributed by atoms with E-state index in [-0.39, 0.29) is 6.10 Å². The maximum Gasteiger partial charge on any atom is 0.139 e. The second-order valence-electron chi connectivity index (χ2n) is 4.49. The van der Waals surface area contributed by atoms with Crippen molar-refractivity contribution in [2.45, 2.75) is 13.0 Å². The number of para-hydroxylation sites is 1. The summed E-state index contributed by atoms with van der Waals surface area (Å²) in [6, 6.07) is 15.3. The third-order valence-electron chi connectivity index (χ3n) is 3.11. The number of hydrogen-bond acceptors (Lipinski definition) is 4. The lowest BCUT2D eigenvalue weighted by atomic mass is 10.1. The zero-order valence-electron chi connectivity index (χ0n) is 12.4. The monoisotopic (exact) mass is 287 g/mol. The minimum absolute atomic E-state index is 0.251. The summed E-state index contributed by atoms with van der Waals surface area (Å²) < 4.78 is 16.7. The lowest BCUT2D eigenvalue weighted by Gasteiger charge is -2.20. The molecule has 0 spiro atoms. The van der Waals surface area contributed by atoms with Gasteiger partial charge < -0.3 is 19.9 Å². The lowest BCUT2D eigenvalue weighted by Crippen LogP contribution is -2.19. The first kappa shape index (κ1) is 15.2. The van der Waals surface area contributed by atoms with Crippen LogP contribution in [0.25, 0.3) is 0 Å². The molecule has 112 valence electrons. The van der Waals surface area contributed by atoms with Gasteiger partial charge in [0.25, 0.3) is 0 Å². The fourth-order valence-electron chi connectivity index (χ4n) is 2.12. The molecule has 0 aliphatic heterocycles. The second-order valence-corrected chi connectivity index (χ2v) is 4.49. The van der Waals surface area contributed by atoms with Crippen LogP contribution in [0.15, 0.2) is 48.5 Å². The molecule has 0 fully saturated rings. The fraction of sp³-hybridized carbons (Fsp3) is 0.294. The molecule has 0 radical (unpaired) electrons. The van der Waals surface area contributed by atoms with Gasteiger partial charge >= 0.3 is 0 Å². The molecule has 0 amide bonds. The van der Waals surface area contributed by atoms with Crippen molar-refractivity contribution in [3.05, 3.63) is 54.1 Å². The minimum atomic E-state index is -0.251. The van der Waals surface area contributed by atoms with Crippen molar-refractivity contribution in [3.8, 4) is 17.2 Å². The lowest BCUT2D eigenvalue weighted by molar-refractivity contribution is 0.208. The van der Waals surface area contributed by atoms with Crippen molar-refractivity contribution in [1.82, 2.24) is 0 Å². The van der Waals surface area contributed by atoms with Gasteiger partial charge in [-0.2, -0.15) is 0 Å². The normalized spacial score (nSPS) is 11.8. The standard InChI is InChI=1S/C17H21NO3/c1-3-20-13-8-10-14(11-9-13)21-17(12-18)15-6-4-5-7-16(15)19-2/h4-11,17H,3,12,18H2,1-2H3. The topological polar surface area (TPSA) is 53.7 Å². The number of methoxy groups -OCH3 is 1. The Morgan fingerprint density at radius 3 is 2.29 bits per heavy atom. The molecule has 4 nitrogen and oxygen atoms in total. The van der Waals surface area contributed by atoms with Crippen LogP contribution < -0.4 is 19.9 Å². The molecule has 0 heterocycles. The molecular formula is C17H21NO3. The molecule has 1 unspecified atom stereocenters. The zero-order valence-corrected chi connectivity index (χ0v) is 12.4. The highest BCUT2D eigenvalue weighted by molar-refractivity contribution is 5.37. The van der Waals surface area contributed by atoms with Crippen LogP contribution in [0.5, 0.6) is 17.2 Å². The van der Waals surface area contributed by atoms with Gasteiger partial charge in [0.05, 0.1) is 13.7 Å². The highest BCUT2D eigenvalue weighted by Gasteiger charge is 2.16. The maximum absolute atomic E-state index is 5.96. The second kappa shape index (κ2) is 7.55. The Kier molecular flexibility index (Phi) is 5.46. The third kappa shape index (κ3) is 3.89. The smallest absolute Gasteiger partial charge is 0.139 e. The Labute approximate surface area is 125 Å². The van der Waals surface area contributed by atoms with Gasteiger partial charge in [-0.15, -0.1) is 0 Å². The molecular weight excluding hydrogens is 266 g/mol. The van der Waals surface area contributed by atoms with Crippen molar-refractivity contribution in [3.63, 3.8) is 0 Å². The molecule has 0 aliphatic carbocycles. The van der Waals surface area contributed by atoms with Gasteiger partial charge in [0.15, 0.2) is 0 Å². The van der Waals surface area contributed by atoms with E-state index in [1.165, 1.54) is 0 Å². The minimum Gasteiger partial charge on any atom is -0.496 e. The first-order valence-electron chi connectivity index (χ1n) is 7.01. The van der Waals surface area contributed by atoms with Crippen molar-refractivity contribution >= 4 is 0 Å². The molecule has 2 aromatic carbocycles. The third-order valence-corrected chi connectivity index (χ3v) is 3.11. The average Bonchev–Trinajstić information content (AvgIpc) is 2.54. The van der Waals surface area contributed by atoms with Gasteiger partial charge in [-0.1, -0.05) is 18.2 Å². The Hall–Kier alpha value is -2.20. The number of ether oxygens (including phenoxy) is 3. The summed E-state index contributed by atoms with van der Waals surface area (Å²) in [5.74, 6) is 2.35. The molecule has 0 aliphatic rings. The number of benzene rings is 2. The van der Waals surface area contributed by atoms with Crippen LogP contribution in [0.3, 0.4) is 0 Å².